The average molecular weight is 274 g/mol. The Morgan fingerprint density at radius 1 is 1.33 bits per heavy atom. The minimum atomic E-state index is 0.423. The zero-order valence-electron chi connectivity index (χ0n) is 7.77. The maximum absolute atomic E-state index is 8.38. The summed E-state index contributed by atoms with van der Waals surface area (Å²) in [5, 5.41) is 9.12. The summed E-state index contributed by atoms with van der Waals surface area (Å²) in [6, 6.07) is 9.74. The van der Waals surface area contributed by atoms with Gasteiger partial charge in [0.1, 0.15) is 3.53 Å². The molecule has 0 spiro atoms. The molecule has 0 saturated heterocycles. The molecule has 0 amide bonds. The van der Waals surface area contributed by atoms with Crippen LogP contribution in [0.5, 0.6) is 0 Å². The number of benzene rings is 1. The van der Waals surface area contributed by atoms with Crippen LogP contribution in [0, 0.1) is 11.3 Å². The lowest BCUT2D eigenvalue weighted by Crippen LogP contribution is -1.85. The highest BCUT2D eigenvalue weighted by Gasteiger charge is 1.99. The monoisotopic (exact) mass is 273 g/mol. The van der Waals surface area contributed by atoms with E-state index in [9.17, 15) is 0 Å². The molecule has 0 heterocycles. The van der Waals surface area contributed by atoms with E-state index in [0.29, 0.717) is 5.75 Å². The molecule has 0 radical (unpaired) electrons. The molecule has 0 atom stereocenters. The topological polar surface area (TPSA) is 23.8 Å². The van der Waals surface area contributed by atoms with Crippen LogP contribution in [0.3, 0.4) is 0 Å². The van der Waals surface area contributed by atoms with Crippen LogP contribution in [-0.2, 0) is 5.75 Å². The molecule has 0 unspecified atom stereocenters. The first-order valence-corrected chi connectivity index (χ1v) is 6.89. The van der Waals surface area contributed by atoms with Gasteiger partial charge in [-0.3, -0.25) is 0 Å². The van der Waals surface area contributed by atoms with E-state index in [1.54, 1.807) is 11.8 Å². The standard InChI is InChI=1S/C10H8ClNS3/c11-9-3-1-8(2-4-9)7-15-10(13)14-6-5-12/h1-4H,6-7H2. The van der Waals surface area contributed by atoms with Crippen LogP contribution in [0.15, 0.2) is 24.3 Å². The van der Waals surface area contributed by atoms with Gasteiger partial charge in [0.2, 0.25) is 0 Å². The highest BCUT2D eigenvalue weighted by Crippen LogP contribution is 2.22. The number of hydrogen-bond donors (Lipinski definition) is 0. The van der Waals surface area contributed by atoms with Crippen LogP contribution < -0.4 is 0 Å². The Balaban J connectivity index is 2.34. The van der Waals surface area contributed by atoms with Crippen molar-refractivity contribution < 1.29 is 0 Å². The quantitative estimate of drug-likeness (QED) is 0.773. The van der Waals surface area contributed by atoms with Crippen LogP contribution in [0.1, 0.15) is 5.56 Å². The first-order valence-electron chi connectivity index (χ1n) is 4.13. The molecule has 15 heavy (non-hydrogen) atoms. The van der Waals surface area contributed by atoms with Crippen molar-refractivity contribution in [3.63, 3.8) is 0 Å². The van der Waals surface area contributed by atoms with Gasteiger partial charge in [-0.05, 0) is 17.7 Å². The maximum atomic E-state index is 8.38. The van der Waals surface area contributed by atoms with Crippen molar-refractivity contribution in [1.29, 1.82) is 5.26 Å². The Hall–Kier alpha value is -0.210. The lowest BCUT2D eigenvalue weighted by molar-refractivity contribution is 1.43. The Bertz CT molecular complexity index is 369. The third-order valence-electron chi connectivity index (χ3n) is 1.52. The van der Waals surface area contributed by atoms with Crippen molar-refractivity contribution >= 4 is 50.9 Å². The molecule has 0 aliphatic heterocycles. The summed E-state index contributed by atoms with van der Waals surface area (Å²) < 4.78 is 0.812. The van der Waals surface area contributed by atoms with Crippen molar-refractivity contribution in [2.24, 2.45) is 0 Å². The molecule has 0 N–H and O–H groups in total. The largest absolute Gasteiger partial charge is 0.197 e. The van der Waals surface area contributed by atoms with E-state index in [2.05, 4.69) is 0 Å². The van der Waals surface area contributed by atoms with E-state index in [1.807, 2.05) is 30.3 Å². The van der Waals surface area contributed by atoms with Gasteiger partial charge in [0.05, 0.1) is 11.8 Å². The van der Waals surface area contributed by atoms with Gasteiger partial charge in [-0.25, -0.2) is 0 Å². The molecule has 78 valence electrons. The molecule has 1 rings (SSSR count). The summed E-state index contributed by atoms with van der Waals surface area (Å²) >= 11 is 13.8. The molecule has 1 aromatic carbocycles. The van der Waals surface area contributed by atoms with Gasteiger partial charge in [0.25, 0.3) is 0 Å². The Labute approximate surface area is 108 Å². The Morgan fingerprint density at radius 3 is 2.60 bits per heavy atom. The highest BCUT2D eigenvalue weighted by atomic mass is 35.5. The second-order valence-electron chi connectivity index (χ2n) is 2.61. The van der Waals surface area contributed by atoms with Crippen LogP contribution in [0.25, 0.3) is 0 Å². The summed E-state index contributed by atoms with van der Waals surface area (Å²) in [5.41, 5.74) is 1.18. The number of nitrogens with zero attached hydrogens (tertiary/aromatic N) is 1. The van der Waals surface area contributed by atoms with E-state index < -0.39 is 0 Å². The molecule has 0 fully saturated rings. The SMILES string of the molecule is N#CCSC(=S)SCc1ccc(Cl)cc1. The number of hydrogen-bond acceptors (Lipinski definition) is 4. The molecule has 0 aliphatic carbocycles. The molecular weight excluding hydrogens is 266 g/mol. The van der Waals surface area contributed by atoms with Gasteiger partial charge >= 0.3 is 0 Å². The highest BCUT2D eigenvalue weighted by molar-refractivity contribution is 8.47. The summed E-state index contributed by atoms with van der Waals surface area (Å²) in [6.07, 6.45) is 0. The molecule has 0 bridgehead atoms. The summed E-state index contributed by atoms with van der Waals surface area (Å²) in [4.78, 5) is 0. The fourth-order valence-corrected chi connectivity index (χ4v) is 2.68. The van der Waals surface area contributed by atoms with E-state index in [0.717, 1.165) is 14.3 Å². The van der Waals surface area contributed by atoms with Gasteiger partial charge in [-0.15, -0.1) is 11.8 Å². The Morgan fingerprint density at radius 2 is 2.00 bits per heavy atom. The van der Waals surface area contributed by atoms with E-state index in [-0.39, 0.29) is 0 Å². The summed E-state index contributed by atoms with van der Waals surface area (Å²) in [6.45, 7) is 0. The van der Waals surface area contributed by atoms with Gasteiger partial charge in [-0.1, -0.05) is 47.7 Å². The third kappa shape index (κ3) is 5.43. The lowest BCUT2D eigenvalue weighted by atomic mass is 10.2. The predicted octanol–water partition coefficient (Wildman–Crippen LogP) is 4.11. The second kappa shape index (κ2) is 7.13. The van der Waals surface area contributed by atoms with Crippen LogP contribution in [0.4, 0.5) is 0 Å². The first kappa shape index (κ1) is 12.9. The molecule has 0 aromatic heterocycles. The number of nitriles is 1. The van der Waals surface area contributed by atoms with E-state index in [4.69, 9.17) is 29.1 Å². The fourth-order valence-electron chi connectivity index (χ4n) is 0.856. The van der Waals surface area contributed by atoms with Crippen LogP contribution in [-0.4, -0.2) is 9.28 Å². The third-order valence-corrected chi connectivity index (χ3v) is 4.41. The molecule has 0 aliphatic rings. The lowest BCUT2D eigenvalue weighted by Gasteiger charge is -2.01. The smallest absolute Gasteiger partial charge is 0.105 e. The average Bonchev–Trinajstić information content (AvgIpc) is 2.25. The summed E-state index contributed by atoms with van der Waals surface area (Å²) in [7, 11) is 0. The van der Waals surface area contributed by atoms with Gasteiger partial charge in [0, 0.05) is 10.8 Å². The molecule has 0 saturated carbocycles. The van der Waals surface area contributed by atoms with Crippen molar-refractivity contribution in [1.82, 2.24) is 0 Å². The molecular formula is C10H8ClNS3. The van der Waals surface area contributed by atoms with E-state index in [1.165, 1.54) is 17.3 Å². The van der Waals surface area contributed by atoms with E-state index >= 15 is 0 Å². The summed E-state index contributed by atoms with van der Waals surface area (Å²) in [5.74, 6) is 1.25. The van der Waals surface area contributed by atoms with Crippen molar-refractivity contribution in [3.8, 4) is 6.07 Å². The molecule has 1 nitrogen and oxygen atoms in total. The zero-order chi connectivity index (χ0) is 11.1. The predicted molar refractivity (Wildman–Crippen MR) is 73.4 cm³/mol. The fraction of sp³-hybridized carbons (Fsp3) is 0.200. The Kier molecular flexibility index (Phi) is 6.11. The first-order chi connectivity index (χ1) is 7.22. The van der Waals surface area contributed by atoms with Crippen LogP contribution in [0.2, 0.25) is 5.02 Å². The minimum absolute atomic E-state index is 0.423. The normalized spacial score (nSPS) is 9.60. The van der Waals surface area contributed by atoms with Crippen molar-refractivity contribution in [3.05, 3.63) is 34.9 Å². The second-order valence-corrected chi connectivity index (χ2v) is 6.20. The van der Waals surface area contributed by atoms with Gasteiger partial charge in [-0.2, -0.15) is 5.26 Å². The minimum Gasteiger partial charge on any atom is -0.197 e. The maximum Gasteiger partial charge on any atom is 0.105 e. The number of thiocarbonyl (C=S) groups is 1. The van der Waals surface area contributed by atoms with Gasteiger partial charge < -0.3 is 0 Å². The number of halogens is 1. The van der Waals surface area contributed by atoms with Gasteiger partial charge in [0.15, 0.2) is 0 Å². The van der Waals surface area contributed by atoms with Crippen molar-refractivity contribution in [2.75, 3.05) is 5.75 Å². The molecule has 5 heteroatoms. The number of rotatable bonds is 3. The molecule has 1 aromatic rings. The number of thioether (sulfide) groups is 2. The van der Waals surface area contributed by atoms with Crippen LogP contribution >= 0.6 is 47.3 Å². The zero-order valence-corrected chi connectivity index (χ0v) is 11.0. The van der Waals surface area contributed by atoms with Crippen molar-refractivity contribution in [2.45, 2.75) is 5.75 Å².